The Morgan fingerprint density at radius 3 is 2.13 bits per heavy atom. The van der Waals surface area contributed by atoms with Gasteiger partial charge in [-0.15, -0.1) is 6.07 Å². The maximum atomic E-state index is 5.74. The Hall–Kier alpha value is -5.31. The first-order valence-corrected chi connectivity index (χ1v) is 19.9. The molecule has 0 saturated heterocycles. The molecule has 9 heteroatoms. The number of fused-ring (bicyclic) bond motifs is 5. The van der Waals surface area contributed by atoms with Crippen molar-refractivity contribution >= 4 is 70.7 Å². The van der Waals surface area contributed by atoms with Crippen LogP contribution in [0.2, 0.25) is 0 Å². The molecule has 2 aliphatic rings. The zero-order valence-corrected chi connectivity index (χ0v) is 32.5. The zero-order chi connectivity index (χ0) is 34.9. The van der Waals surface area contributed by atoms with Crippen LogP contribution in [0.3, 0.4) is 0 Å². The molecule has 6 heterocycles. The van der Waals surface area contributed by atoms with E-state index in [1.54, 1.807) is 0 Å². The van der Waals surface area contributed by atoms with Crippen LogP contribution < -0.4 is 24.7 Å². The second kappa shape index (κ2) is 13.3. The Morgan fingerprint density at radius 2 is 1.38 bits per heavy atom. The number of aromatic nitrogens is 4. The van der Waals surface area contributed by atoms with Gasteiger partial charge in [-0.05, 0) is 48.0 Å². The summed E-state index contributed by atoms with van der Waals surface area (Å²) in [5.74, 6) is 1.74. The fourth-order valence-corrected chi connectivity index (χ4v) is 12.6. The number of rotatable bonds is 5. The summed E-state index contributed by atoms with van der Waals surface area (Å²) in [6, 6.07) is 50.7. The molecule has 0 fully saturated rings. The molecule has 8 aromatic rings. The minimum Gasteiger partial charge on any atom is -0.340 e. The molecule has 4 aromatic carbocycles. The maximum absolute atomic E-state index is 5.74. The van der Waals surface area contributed by atoms with Crippen LogP contribution in [-0.2, 0) is 31.2 Å². The first-order chi connectivity index (χ1) is 25.5. The van der Waals surface area contributed by atoms with Crippen molar-refractivity contribution < 1.29 is 21.6 Å². The predicted octanol–water partition coefficient (Wildman–Crippen LogP) is 8.17. The van der Waals surface area contributed by atoms with E-state index < -0.39 is 8.80 Å². The molecule has 0 bridgehead atoms. The van der Waals surface area contributed by atoms with Gasteiger partial charge in [0.25, 0.3) is 0 Å². The van der Waals surface area contributed by atoms with Crippen LogP contribution in [0.4, 0.5) is 28.7 Å². The number of nitrogens with zero attached hydrogens (tertiary/aromatic N) is 6. The van der Waals surface area contributed by atoms with Crippen molar-refractivity contribution in [1.82, 2.24) is 14.5 Å². The first-order valence-electron chi connectivity index (χ1n) is 17.6. The molecule has 10 rings (SSSR count). The summed E-state index contributed by atoms with van der Waals surface area (Å²) in [5, 5.41) is 3.94. The molecule has 0 saturated carbocycles. The van der Waals surface area contributed by atoms with Gasteiger partial charge in [0.05, 0.1) is 36.9 Å². The number of benzene rings is 4. The molecule has 4 aromatic heterocycles. The Kier molecular flexibility index (Phi) is 8.39. The number of anilines is 5. The third-order valence-electron chi connectivity index (χ3n) is 10.5. The molecule has 0 N–H and O–H groups in total. The first kappa shape index (κ1) is 33.5. The largest absolute Gasteiger partial charge is 0.340 e. The molecule has 1 atom stereocenters. The summed E-state index contributed by atoms with van der Waals surface area (Å²) in [7, 11) is 4.94. The van der Waals surface area contributed by atoms with Crippen LogP contribution in [0.5, 0.6) is 0 Å². The van der Waals surface area contributed by atoms with E-state index in [9.17, 15) is 0 Å². The molecule has 2 radical (unpaired) electrons. The SMILES string of the molecule is CN1c2ccccc2N(c2ccc3c(n2)C([Si](c2ccccc2)c2ccccc2)c2ccccc2S3)c2nc(-c3cn(C)c4c3[cH-]c[n+]4C)ccc21.[Mn]. The maximum Gasteiger partial charge on any atom is 0.178 e. The van der Waals surface area contributed by atoms with E-state index in [1.807, 2.05) is 11.8 Å². The minimum absolute atomic E-state index is 0. The molecule has 258 valence electrons. The van der Waals surface area contributed by atoms with Gasteiger partial charge < -0.3 is 14.0 Å². The fourth-order valence-electron chi connectivity index (χ4n) is 8.10. The van der Waals surface area contributed by atoms with Crippen LogP contribution in [0.25, 0.3) is 22.3 Å². The minimum atomic E-state index is -1.38. The van der Waals surface area contributed by atoms with Crippen molar-refractivity contribution in [2.45, 2.75) is 15.3 Å². The Balaban J connectivity index is 0.00000372. The van der Waals surface area contributed by atoms with Crippen molar-refractivity contribution in [3.05, 3.63) is 163 Å². The molecule has 1 unspecified atom stereocenters. The van der Waals surface area contributed by atoms with Gasteiger partial charge in [0.1, 0.15) is 14.6 Å². The van der Waals surface area contributed by atoms with Crippen molar-refractivity contribution in [3.8, 4) is 11.3 Å². The standard InChI is InChI=1S/C44H35N6SSi.Mn/c1-47-27-26-31-33(28-48(2)44(31)47)34-22-23-37-43(45-34)50(36-20-12-11-19-35(36)49(37)3)40-25-24-39-41(46-40)42(32-18-10-13-21-38(32)51-39)52(29-14-6-4-7-15-29)30-16-8-5-9-17-30;/h4-28,42H,1-3H3;. The second-order valence-electron chi connectivity index (χ2n) is 13.5. The Labute approximate surface area is 325 Å². The number of para-hydroxylation sites is 2. The third-order valence-corrected chi connectivity index (χ3v) is 14.7. The average molecular weight is 763 g/mol. The molecule has 6 nitrogen and oxygen atoms in total. The summed E-state index contributed by atoms with van der Waals surface area (Å²) in [6.45, 7) is 0. The number of hydrogen-bond acceptors (Lipinski definition) is 5. The summed E-state index contributed by atoms with van der Waals surface area (Å²) in [4.78, 5) is 18.3. The van der Waals surface area contributed by atoms with Crippen LogP contribution in [0, 0.1) is 0 Å². The van der Waals surface area contributed by atoms with Crippen LogP contribution in [0.1, 0.15) is 16.8 Å². The fraction of sp³-hybridized carbons (Fsp3) is 0.0909. The van der Waals surface area contributed by atoms with E-state index in [0.29, 0.717) is 0 Å². The molecule has 2 aliphatic heterocycles. The van der Waals surface area contributed by atoms with E-state index in [2.05, 4.69) is 192 Å². The second-order valence-corrected chi connectivity index (χ2v) is 17.2. The van der Waals surface area contributed by atoms with Gasteiger partial charge in [-0.3, -0.25) is 4.90 Å². The number of hydrogen-bond donors (Lipinski definition) is 0. The van der Waals surface area contributed by atoms with Crippen molar-refractivity contribution in [2.24, 2.45) is 14.1 Å². The quantitative estimate of drug-likeness (QED) is 0.101. The van der Waals surface area contributed by atoms with Crippen molar-refractivity contribution in [3.63, 3.8) is 0 Å². The topological polar surface area (TPSA) is 41.1 Å². The van der Waals surface area contributed by atoms with Gasteiger partial charge in [0.15, 0.2) is 11.5 Å². The smallest absolute Gasteiger partial charge is 0.178 e. The van der Waals surface area contributed by atoms with E-state index in [-0.39, 0.29) is 22.6 Å². The number of pyridine rings is 2. The van der Waals surface area contributed by atoms with Gasteiger partial charge >= 0.3 is 0 Å². The van der Waals surface area contributed by atoms with Crippen LogP contribution in [0.15, 0.2) is 162 Å². The average Bonchev–Trinajstić information content (AvgIpc) is 3.75. The Bertz CT molecular complexity index is 2600. The molecule has 0 amide bonds. The van der Waals surface area contributed by atoms with E-state index in [0.717, 1.165) is 45.6 Å². The normalized spacial score (nSPS) is 14.4. The molecule has 53 heavy (non-hydrogen) atoms. The summed E-state index contributed by atoms with van der Waals surface area (Å²) in [5.41, 5.74) is 9.01. The summed E-state index contributed by atoms with van der Waals surface area (Å²) >= 11 is 1.83. The van der Waals surface area contributed by atoms with E-state index >= 15 is 0 Å². The summed E-state index contributed by atoms with van der Waals surface area (Å²) in [6.07, 6.45) is 4.31. The van der Waals surface area contributed by atoms with Crippen LogP contribution in [-0.4, -0.2) is 30.4 Å². The van der Waals surface area contributed by atoms with E-state index in [4.69, 9.17) is 9.97 Å². The van der Waals surface area contributed by atoms with Gasteiger partial charge in [0, 0.05) is 57.5 Å². The monoisotopic (exact) mass is 762 g/mol. The van der Waals surface area contributed by atoms with Crippen molar-refractivity contribution in [1.29, 1.82) is 0 Å². The molecule has 0 spiro atoms. The molecular formula is C44H35MnN6SSi. The Morgan fingerprint density at radius 1 is 0.698 bits per heavy atom. The van der Waals surface area contributed by atoms with Crippen molar-refractivity contribution in [2.75, 3.05) is 16.8 Å². The van der Waals surface area contributed by atoms with Gasteiger partial charge in [-0.1, -0.05) is 124 Å². The number of aryl methyl sites for hydroxylation is 2. The van der Waals surface area contributed by atoms with Gasteiger partial charge in [0.2, 0.25) is 0 Å². The van der Waals surface area contributed by atoms with Crippen LogP contribution >= 0.6 is 11.8 Å². The van der Waals surface area contributed by atoms with Gasteiger partial charge in [-0.25, -0.2) is 9.97 Å². The molecular weight excluding hydrogens is 728 g/mol. The van der Waals surface area contributed by atoms with E-state index in [1.165, 1.54) is 36.8 Å². The predicted molar refractivity (Wildman–Crippen MR) is 214 cm³/mol. The van der Waals surface area contributed by atoms with Gasteiger partial charge in [-0.2, -0.15) is 0 Å². The third kappa shape index (κ3) is 5.38. The zero-order valence-electron chi connectivity index (χ0n) is 29.5. The molecule has 0 aliphatic carbocycles. The summed E-state index contributed by atoms with van der Waals surface area (Å²) < 4.78 is 4.35.